The van der Waals surface area contributed by atoms with Gasteiger partial charge >= 0.3 is 0 Å². The Balaban J connectivity index is 1.59. The largest absolute Gasteiger partial charge is 0.357 e. The van der Waals surface area contributed by atoms with Crippen molar-refractivity contribution in [1.82, 2.24) is 25.1 Å². The van der Waals surface area contributed by atoms with Crippen LogP contribution in [0.15, 0.2) is 41.5 Å². The van der Waals surface area contributed by atoms with E-state index in [0.717, 1.165) is 42.0 Å². The SMILES string of the molecule is CCNC(=NCC1CCCN(CC(C)C)C1)N(C)Cc1ncc(-c2ccccc2)[nH]1. The third-order valence-corrected chi connectivity index (χ3v) is 5.52. The number of aliphatic imine (C=N–C) groups is 1. The second-order valence-electron chi connectivity index (χ2n) is 8.82. The lowest BCUT2D eigenvalue weighted by molar-refractivity contribution is 0.162. The molecule has 1 aliphatic heterocycles. The fourth-order valence-corrected chi connectivity index (χ4v) is 4.17. The van der Waals surface area contributed by atoms with Crippen LogP contribution >= 0.6 is 0 Å². The predicted molar refractivity (Wildman–Crippen MR) is 125 cm³/mol. The lowest BCUT2D eigenvalue weighted by atomic mass is 9.97. The molecule has 1 aliphatic rings. The van der Waals surface area contributed by atoms with E-state index in [2.05, 4.69) is 65.0 Å². The first-order chi connectivity index (χ1) is 14.5. The van der Waals surface area contributed by atoms with E-state index < -0.39 is 0 Å². The number of nitrogens with one attached hydrogen (secondary N) is 2. The summed E-state index contributed by atoms with van der Waals surface area (Å²) in [5.74, 6) is 3.27. The average molecular weight is 411 g/mol. The maximum absolute atomic E-state index is 4.97. The fourth-order valence-electron chi connectivity index (χ4n) is 4.17. The number of piperidine rings is 1. The Morgan fingerprint density at radius 2 is 2.13 bits per heavy atom. The van der Waals surface area contributed by atoms with E-state index in [4.69, 9.17) is 4.99 Å². The number of hydrogen-bond donors (Lipinski definition) is 2. The van der Waals surface area contributed by atoms with Crippen LogP contribution in [0.2, 0.25) is 0 Å². The molecular weight excluding hydrogens is 372 g/mol. The van der Waals surface area contributed by atoms with Crippen LogP contribution in [0.1, 0.15) is 39.4 Å². The van der Waals surface area contributed by atoms with Gasteiger partial charge in [0.25, 0.3) is 0 Å². The minimum absolute atomic E-state index is 0.646. The topological polar surface area (TPSA) is 59.6 Å². The van der Waals surface area contributed by atoms with Crippen molar-refractivity contribution in [2.24, 2.45) is 16.8 Å². The smallest absolute Gasteiger partial charge is 0.194 e. The molecule has 0 bridgehead atoms. The Morgan fingerprint density at radius 1 is 1.33 bits per heavy atom. The zero-order valence-corrected chi connectivity index (χ0v) is 19.1. The quantitative estimate of drug-likeness (QED) is 0.513. The first-order valence-corrected chi connectivity index (χ1v) is 11.4. The van der Waals surface area contributed by atoms with E-state index in [1.54, 1.807) is 0 Å². The van der Waals surface area contributed by atoms with Gasteiger partial charge in [0, 0.05) is 33.2 Å². The molecule has 2 aromatic rings. The minimum Gasteiger partial charge on any atom is -0.357 e. The number of aromatic amines is 1. The number of benzene rings is 1. The van der Waals surface area contributed by atoms with Crippen molar-refractivity contribution in [3.05, 3.63) is 42.4 Å². The third kappa shape index (κ3) is 6.59. The van der Waals surface area contributed by atoms with Gasteiger partial charge in [-0.3, -0.25) is 4.99 Å². The van der Waals surface area contributed by atoms with Crippen molar-refractivity contribution in [2.45, 2.75) is 40.2 Å². The Kier molecular flexibility index (Phi) is 8.31. The zero-order valence-electron chi connectivity index (χ0n) is 19.1. The molecule has 0 amide bonds. The van der Waals surface area contributed by atoms with Crippen LogP contribution in [0.4, 0.5) is 0 Å². The number of H-pyrrole nitrogens is 1. The van der Waals surface area contributed by atoms with Crippen LogP contribution in [0.3, 0.4) is 0 Å². The molecule has 0 saturated carbocycles. The van der Waals surface area contributed by atoms with Gasteiger partial charge in [-0.2, -0.15) is 0 Å². The summed E-state index contributed by atoms with van der Waals surface area (Å²) < 4.78 is 0. The summed E-state index contributed by atoms with van der Waals surface area (Å²) in [6.45, 7) is 12.8. The van der Waals surface area contributed by atoms with Crippen molar-refractivity contribution >= 4 is 5.96 Å². The minimum atomic E-state index is 0.646. The number of rotatable bonds is 8. The molecule has 2 N–H and O–H groups in total. The van der Waals surface area contributed by atoms with Gasteiger partial charge < -0.3 is 20.1 Å². The summed E-state index contributed by atoms with van der Waals surface area (Å²) in [7, 11) is 2.08. The Bertz CT molecular complexity index is 782. The predicted octanol–water partition coefficient (Wildman–Crippen LogP) is 3.84. The van der Waals surface area contributed by atoms with Crippen molar-refractivity contribution in [3.63, 3.8) is 0 Å². The van der Waals surface area contributed by atoms with Crippen molar-refractivity contribution < 1.29 is 0 Å². The number of guanidine groups is 1. The molecule has 30 heavy (non-hydrogen) atoms. The molecule has 1 unspecified atom stereocenters. The lowest BCUT2D eigenvalue weighted by Gasteiger charge is -2.33. The van der Waals surface area contributed by atoms with Gasteiger partial charge in [0.2, 0.25) is 0 Å². The molecule has 0 aliphatic carbocycles. The van der Waals surface area contributed by atoms with Gasteiger partial charge in [0.1, 0.15) is 5.82 Å². The normalized spacial score (nSPS) is 18.0. The molecule has 164 valence electrons. The summed E-state index contributed by atoms with van der Waals surface area (Å²) in [5.41, 5.74) is 2.20. The average Bonchev–Trinajstić information content (AvgIpc) is 3.20. The molecular formula is C24H38N6. The molecule has 0 radical (unpaired) electrons. The van der Waals surface area contributed by atoms with Crippen molar-refractivity contribution in [3.8, 4) is 11.3 Å². The number of imidazole rings is 1. The monoisotopic (exact) mass is 410 g/mol. The van der Waals surface area contributed by atoms with Crippen molar-refractivity contribution in [2.75, 3.05) is 39.8 Å². The Morgan fingerprint density at radius 3 is 2.87 bits per heavy atom. The number of aromatic nitrogens is 2. The summed E-state index contributed by atoms with van der Waals surface area (Å²) in [6.07, 6.45) is 4.47. The van der Waals surface area contributed by atoms with Crippen LogP contribution in [0, 0.1) is 11.8 Å². The molecule has 3 rings (SSSR count). The zero-order chi connectivity index (χ0) is 21.3. The van der Waals surface area contributed by atoms with Gasteiger partial charge in [0.05, 0.1) is 18.4 Å². The molecule has 1 aromatic carbocycles. The summed E-state index contributed by atoms with van der Waals surface area (Å²) in [6, 6.07) is 10.3. The fraction of sp³-hybridized carbons (Fsp3) is 0.583. The lowest BCUT2D eigenvalue weighted by Crippen LogP contribution is -2.41. The maximum atomic E-state index is 4.97. The highest BCUT2D eigenvalue weighted by molar-refractivity contribution is 5.79. The van der Waals surface area contributed by atoms with E-state index in [1.165, 1.54) is 32.5 Å². The summed E-state index contributed by atoms with van der Waals surface area (Å²) in [5, 5.41) is 3.44. The molecule has 2 heterocycles. The van der Waals surface area contributed by atoms with Crippen LogP contribution < -0.4 is 5.32 Å². The second-order valence-corrected chi connectivity index (χ2v) is 8.82. The van der Waals surface area contributed by atoms with Crippen LogP contribution in [0.25, 0.3) is 11.3 Å². The van der Waals surface area contributed by atoms with Crippen LogP contribution in [-0.2, 0) is 6.54 Å². The highest BCUT2D eigenvalue weighted by Gasteiger charge is 2.20. The molecule has 1 fully saturated rings. The number of likely N-dealkylation sites (tertiary alicyclic amines) is 1. The van der Waals surface area contributed by atoms with E-state index in [9.17, 15) is 0 Å². The standard InChI is InChI=1S/C24H38N6/c1-5-25-24(27-14-20-10-9-13-30(17-20)16-19(2)3)29(4)18-23-26-15-22(28-23)21-11-7-6-8-12-21/h6-8,11-12,15,19-20H,5,9-10,13-14,16-18H2,1-4H3,(H,25,27)(H,26,28). The van der Waals surface area contributed by atoms with E-state index in [1.807, 2.05) is 24.4 Å². The van der Waals surface area contributed by atoms with Gasteiger partial charge in [-0.15, -0.1) is 0 Å². The molecule has 1 aromatic heterocycles. The van der Waals surface area contributed by atoms with Crippen LogP contribution in [0.5, 0.6) is 0 Å². The summed E-state index contributed by atoms with van der Waals surface area (Å²) >= 11 is 0. The van der Waals surface area contributed by atoms with E-state index in [0.29, 0.717) is 12.5 Å². The molecule has 0 spiro atoms. The van der Waals surface area contributed by atoms with E-state index >= 15 is 0 Å². The van der Waals surface area contributed by atoms with Gasteiger partial charge in [-0.25, -0.2) is 4.98 Å². The second kappa shape index (κ2) is 11.2. The Hall–Kier alpha value is -2.34. The highest BCUT2D eigenvalue weighted by atomic mass is 15.3. The number of nitrogens with zero attached hydrogens (tertiary/aromatic N) is 4. The van der Waals surface area contributed by atoms with Gasteiger partial charge in [-0.1, -0.05) is 44.2 Å². The van der Waals surface area contributed by atoms with Crippen LogP contribution in [-0.4, -0.2) is 65.5 Å². The summed E-state index contributed by atoms with van der Waals surface area (Å²) in [4.78, 5) is 17.8. The van der Waals surface area contributed by atoms with Crippen molar-refractivity contribution in [1.29, 1.82) is 0 Å². The molecule has 6 nitrogen and oxygen atoms in total. The van der Waals surface area contributed by atoms with E-state index in [-0.39, 0.29) is 0 Å². The maximum Gasteiger partial charge on any atom is 0.194 e. The first kappa shape index (κ1) is 22.3. The highest BCUT2D eigenvalue weighted by Crippen LogP contribution is 2.19. The Labute approximate surface area is 181 Å². The number of hydrogen-bond acceptors (Lipinski definition) is 3. The van der Waals surface area contributed by atoms with Gasteiger partial charge in [-0.05, 0) is 43.7 Å². The van der Waals surface area contributed by atoms with Gasteiger partial charge in [0.15, 0.2) is 5.96 Å². The molecule has 1 atom stereocenters. The first-order valence-electron chi connectivity index (χ1n) is 11.4. The molecule has 6 heteroatoms. The third-order valence-electron chi connectivity index (χ3n) is 5.52. The molecule has 1 saturated heterocycles.